The lowest BCUT2D eigenvalue weighted by atomic mass is 10.1. The maximum absolute atomic E-state index is 12.6. The lowest BCUT2D eigenvalue weighted by Gasteiger charge is -2.03. The second-order valence-corrected chi connectivity index (χ2v) is 5.88. The van der Waals surface area contributed by atoms with Crippen LogP contribution in [0.1, 0.15) is 48.3 Å². The number of benzene rings is 1. The molecule has 1 amide bonds. The maximum Gasteiger partial charge on any atom is 0.253 e. The SMILES string of the molecule is CCCCCn1cc(C(=O)NCc2nc(C)no2)c2ccccc21. The molecule has 2 heterocycles. The number of aromatic nitrogens is 3. The van der Waals surface area contributed by atoms with Gasteiger partial charge in [0.05, 0.1) is 12.1 Å². The van der Waals surface area contributed by atoms with Crippen molar-refractivity contribution in [3.8, 4) is 0 Å². The summed E-state index contributed by atoms with van der Waals surface area (Å²) >= 11 is 0. The molecule has 0 saturated carbocycles. The van der Waals surface area contributed by atoms with Crippen molar-refractivity contribution in [2.75, 3.05) is 0 Å². The molecular formula is C18H22N4O2. The van der Waals surface area contributed by atoms with E-state index >= 15 is 0 Å². The van der Waals surface area contributed by atoms with Gasteiger partial charge in [-0.1, -0.05) is 43.1 Å². The number of aryl methyl sites for hydroxylation is 2. The molecule has 0 fully saturated rings. The number of carbonyl (C=O) groups excluding carboxylic acids is 1. The normalized spacial score (nSPS) is 11.1. The van der Waals surface area contributed by atoms with E-state index in [4.69, 9.17) is 4.52 Å². The van der Waals surface area contributed by atoms with Crippen molar-refractivity contribution in [2.45, 2.75) is 46.2 Å². The van der Waals surface area contributed by atoms with Crippen LogP contribution in [0.5, 0.6) is 0 Å². The van der Waals surface area contributed by atoms with E-state index in [1.54, 1.807) is 6.92 Å². The first-order valence-electron chi connectivity index (χ1n) is 8.34. The molecule has 0 spiro atoms. The molecule has 6 heteroatoms. The van der Waals surface area contributed by atoms with Crippen LogP contribution in [0.3, 0.4) is 0 Å². The molecular weight excluding hydrogens is 304 g/mol. The fourth-order valence-corrected chi connectivity index (χ4v) is 2.81. The van der Waals surface area contributed by atoms with E-state index in [0.29, 0.717) is 17.3 Å². The Morgan fingerprint density at radius 3 is 2.88 bits per heavy atom. The number of amides is 1. The summed E-state index contributed by atoms with van der Waals surface area (Å²) in [6, 6.07) is 8.00. The minimum atomic E-state index is -0.128. The van der Waals surface area contributed by atoms with Gasteiger partial charge in [-0.3, -0.25) is 4.79 Å². The highest BCUT2D eigenvalue weighted by molar-refractivity contribution is 6.06. The number of nitrogens with one attached hydrogen (secondary N) is 1. The monoisotopic (exact) mass is 326 g/mol. The van der Waals surface area contributed by atoms with Gasteiger partial charge < -0.3 is 14.4 Å². The van der Waals surface area contributed by atoms with E-state index in [1.807, 2.05) is 24.4 Å². The molecule has 0 saturated heterocycles. The van der Waals surface area contributed by atoms with E-state index in [0.717, 1.165) is 23.9 Å². The second-order valence-electron chi connectivity index (χ2n) is 5.88. The lowest BCUT2D eigenvalue weighted by Crippen LogP contribution is -2.22. The zero-order valence-electron chi connectivity index (χ0n) is 14.1. The van der Waals surface area contributed by atoms with Gasteiger partial charge in [-0.05, 0) is 19.4 Å². The van der Waals surface area contributed by atoms with Crippen LogP contribution in [-0.4, -0.2) is 20.6 Å². The first kappa shape index (κ1) is 16.2. The topological polar surface area (TPSA) is 73.0 Å². The second kappa shape index (κ2) is 7.29. The van der Waals surface area contributed by atoms with Crippen LogP contribution in [0.15, 0.2) is 35.0 Å². The van der Waals surface area contributed by atoms with Crippen molar-refractivity contribution in [3.05, 3.63) is 47.7 Å². The third-order valence-corrected chi connectivity index (χ3v) is 4.01. The van der Waals surface area contributed by atoms with E-state index in [-0.39, 0.29) is 12.5 Å². The molecule has 0 aliphatic carbocycles. The molecule has 0 bridgehead atoms. The lowest BCUT2D eigenvalue weighted by molar-refractivity contribution is 0.0947. The third-order valence-electron chi connectivity index (χ3n) is 4.01. The summed E-state index contributed by atoms with van der Waals surface area (Å²) < 4.78 is 7.19. The van der Waals surface area contributed by atoms with Crippen LogP contribution >= 0.6 is 0 Å². The van der Waals surface area contributed by atoms with Crippen LogP contribution in [-0.2, 0) is 13.1 Å². The predicted octanol–water partition coefficient (Wildman–Crippen LogP) is 3.45. The third kappa shape index (κ3) is 3.48. The summed E-state index contributed by atoms with van der Waals surface area (Å²) in [5.41, 5.74) is 1.77. The van der Waals surface area contributed by atoms with E-state index in [2.05, 4.69) is 33.0 Å². The highest BCUT2D eigenvalue weighted by Gasteiger charge is 2.15. The average Bonchev–Trinajstić information content (AvgIpc) is 3.17. The molecule has 126 valence electrons. The van der Waals surface area contributed by atoms with Gasteiger partial charge in [0.15, 0.2) is 5.82 Å². The van der Waals surface area contributed by atoms with Crippen LogP contribution in [0.4, 0.5) is 0 Å². The van der Waals surface area contributed by atoms with E-state index in [1.165, 1.54) is 12.8 Å². The number of carbonyl (C=O) groups is 1. The highest BCUT2D eigenvalue weighted by atomic mass is 16.5. The summed E-state index contributed by atoms with van der Waals surface area (Å²) in [5, 5.41) is 7.54. The fraction of sp³-hybridized carbons (Fsp3) is 0.389. The van der Waals surface area contributed by atoms with Crippen molar-refractivity contribution in [1.82, 2.24) is 20.0 Å². The number of nitrogens with zero attached hydrogens (tertiary/aromatic N) is 3. The maximum atomic E-state index is 12.6. The molecule has 6 nitrogen and oxygen atoms in total. The summed E-state index contributed by atoms with van der Waals surface area (Å²) in [4.78, 5) is 16.7. The first-order valence-corrected chi connectivity index (χ1v) is 8.34. The molecule has 2 aromatic heterocycles. The Bertz CT molecular complexity index is 835. The van der Waals surface area contributed by atoms with Crippen LogP contribution in [0.25, 0.3) is 10.9 Å². The average molecular weight is 326 g/mol. The van der Waals surface area contributed by atoms with Crippen LogP contribution < -0.4 is 5.32 Å². The molecule has 0 aliphatic rings. The molecule has 0 atom stereocenters. The van der Waals surface area contributed by atoms with Gasteiger partial charge >= 0.3 is 0 Å². The number of fused-ring (bicyclic) bond motifs is 1. The van der Waals surface area contributed by atoms with Gasteiger partial charge in [0.1, 0.15) is 0 Å². The highest BCUT2D eigenvalue weighted by Crippen LogP contribution is 2.22. The largest absolute Gasteiger partial charge is 0.347 e. The van der Waals surface area contributed by atoms with Crippen molar-refractivity contribution in [2.24, 2.45) is 0 Å². The summed E-state index contributed by atoms with van der Waals surface area (Å²) in [7, 11) is 0. The Hall–Kier alpha value is -2.63. The zero-order chi connectivity index (χ0) is 16.9. The van der Waals surface area contributed by atoms with Crippen molar-refractivity contribution in [1.29, 1.82) is 0 Å². The number of hydrogen-bond donors (Lipinski definition) is 1. The standard InChI is InChI=1S/C18H22N4O2/c1-3-4-7-10-22-12-15(14-8-5-6-9-16(14)22)18(23)19-11-17-20-13(2)21-24-17/h5-6,8-9,12H,3-4,7,10-11H2,1-2H3,(H,19,23). The minimum absolute atomic E-state index is 0.128. The van der Waals surface area contributed by atoms with Crippen molar-refractivity contribution in [3.63, 3.8) is 0 Å². The first-order chi connectivity index (χ1) is 11.7. The van der Waals surface area contributed by atoms with Gasteiger partial charge in [0, 0.05) is 23.6 Å². The Labute approximate surface area is 140 Å². The Morgan fingerprint density at radius 1 is 1.29 bits per heavy atom. The summed E-state index contributed by atoms with van der Waals surface area (Å²) in [5.74, 6) is 0.843. The fourth-order valence-electron chi connectivity index (χ4n) is 2.81. The van der Waals surface area contributed by atoms with Crippen LogP contribution in [0.2, 0.25) is 0 Å². The molecule has 1 aromatic carbocycles. The zero-order valence-corrected chi connectivity index (χ0v) is 14.1. The van der Waals surface area contributed by atoms with Crippen molar-refractivity contribution < 1.29 is 9.32 Å². The van der Waals surface area contributed by atoms with Gasteiger partial charge in [0.25, 0.3) is 5.91 Å². The van der Waals surface area contributed by atoms with E-state index < -0.39 is 0 Å². The predicted molar refractivity (Wildman–Crippen MR) is 91.7 cm³/mol. The van der Waals surface area contributed by atoms with Gasteiger partial charge in [0.2, 0.25) is 5.89 Å². The Morgan fingerprint density at radius 2 is 2.12 bits per heavy atom. The minimum Gasteiger partial charge on any atom is -0.347 e. The summed E-state index contributed by atoms with van der Waals surface area (Å²) in [6.07, 6.45) is 5.41. The molecule has 24 heavy (non-hydrogen) atoms. The quantitative estimate of drug-likeness (QED) is 0.675. The van der Waals surface area contributed by atoms with Gasteiger partial charge in [-0.15, -0.1) is 0 Å². The number of unbranched alkanes of at least 4 members (excludes halogenated alkanes) is 2. The smallest absolute Gasteiger partial charge is 0.253 e. The molecule has 0 unspecified atom stereocenters. The number of hydrogen-bond acceptors (Lipinski definition) is 4. The van der Waals surface area contributed by atoms with Crippen LogP contribution in [0, 0.1) is 6.92 Å². The molecule has 0 radical (unpaired) electrons. The van der Waals surface area contributed by atoms with Gasteiger partial charge in [-0.2, -0.15) is 4.98 Å². The summed E-state index contributed by atoms with van der Waals surface area (Å²) in [6.45, 7) is 5.09. The number of rotatable bonds is 7. The molecule has 0 aliphatic heterocycles. The van der Waals surface area contributed by atoms with Crippen molar-refractivity contribution >= 4 is 16.8 Å². The number of para-hydroxylation sites is 1. The van der Waals surface area contributed by atoms with E-state index in [9.17, 15) is 4.79 Å². The molecule has 3 aromatic rings. The van der Waals surface area contributed by atoms with Gasteiger partial charge in [-0.25, -0.2) is 0 Å². The Balaban J connectivity index is 1.78. The Kier molecular flexibility index (Phi) is 4.93. The molecule has 3 rings (SSSR count). The molecule has 1 N–H and O–H groups in total.